The third-order valence-electron chi connectivity index (χ3n) is 4.04. The maximum absolute atomic E-state index is 4.88. The molecule has 2 aromatic carbocycles. The molecule has 0 aliphatic carbocycles. The molecule has 3 nitrogen and oxygen atoms in total. The van der Waals surface area contributed by atoms with Crippen LogP contribution in [0.1, 0.15) is 5.56 Å². The van der Waals surface area contributed by atoms with Gasteiger partial charge in [-0.2, -0.15) is 0 Å². The van der Waals surface area contributed by atoms with Crippen LogP contribution in [-0.2, 0) is 0 Å². The van der Waals surface area contributed by atoms with Crippen molar-refractivity contribution in [3.05, 3.63) is 79.3 Å². The smallest absolute Gasteiger partial charge is 0.189 e. The Morgan fingerprint density at radius 3 is 2.36 bits per heavy atom. The lowest BCUT2D eigenvalue weighted by Gasteiger charge is -2.11. The van der Waals surface area contributed by atoms with Crippen LogP contribution in [0.5, 0.6) is 0 Å². The molecule has 25 heavy (non-hydrogen) atoms. The highest BCUT2D eigenvalue weighted by Crippen LogP contribution is 2.33. The Kier molecular flexibility index (Phi) is 4.20. The first-order valence-electron chi connectivity index (χ1n) is 7.94. The van der Waals surface area contributed by atoms with Gasteiger partial charge < -0.3 is 0 Å². The van der Waals surface area contributed by atoms with Crippen molar-refractivity contribution in [3.63, 3.8) is 0 Å². The fourth-order valence-corrected chi connectivity index (χ4v) is 3.10. The first kappa shape index (κ1) is 15.8. The van der Waals surface area contributed by atoms with Crippen LogP contribution in [-0.4, -0.2) is 21.2 Å². The van der Waals surface area contributed by atoms with E-state index in [-0.39, 0.29) is 0 Å². The summed E-state index contributed by atoms with van der Waals surface area (Å²) in [4.78, 5) is 13.8. The van der Waals surface area contributed by atoms with Gasteiger partial charge >= 0.3 is 0 Å². The summed E-state index contributed by atoms with van der Waals surface area (Å²) in [6, 6.07) is 20.5. The Morgan fingerprint density at radius 2 is 1.64 bits per heavy atom. The van der Waals surface area contributed by atoms with Crippen molar-refractivity contribution in [1.82, 2.24) is 15.0 Å². The van der Waals surface area contributed by atoms with Crippen LogP contribution in [0, 0.1) is 6.92 Å². The van der Waals surface area contributed by atoms with E-state index in [4.69, 9.17) is 4.98 Å². The van der Waals surface area contributed by atoms with Gasteiger partial charge in [-0.15, -0.1) is 0 Å². The van der Waals surface area contributed by atoms with Gasteiger partial charge in [0.1, 0.15) is 0 Å². The fourth-order valence-electron chi connectivity index (χ4n) is 2.77. The summed E-state index contributed by atoms with van der Waals surface area (Å²) >= 11 is 1.52. The average Bonchev–Trinajstić information content (AvgIpc) is 2.68. The summed E-state index contributed by atoms with van der Waals surface area (Å²) in [6.45, 7) is 3.96. The maximum atomic E-state index is 4.88. The molecule has 0 bridgehead atoms. The lowest BCUT2D eigenvalue weighted by Crippen LogP contribution is -1.95. The first-order valence-corrected chi connectivity index (χ1v) is 9.16. The number of benzene rings is 2. The first-order chi connectivity index (χ1) is 12.2. The molecule has 0 amide bonds. The molecule has 0 saturated carbocycles. The average molecular weight is 342 g/mol. The second-order valence-electron chi connectivity index (χ2n) is 5.72. The standard InChI is InChI=1S/C21H16N3S/c1-14-8-10-16(11-9-14)19-18(15-6-4-3-5-7-15)12-17-13-22-21(25-2)24-20(17)23-19/h3-13H,1H2,2H3. The molecule has 2 heterocycles. The molecule has 0 N–H and O–H groups in total. The molecule has 0 aliphatic heterocycles. The van der Waals surface area contributed by atoms with Gasteiger partial charge in [0.15, 0.2) is 10.8 Å². The van der Waals surface area contributed by atoms with Crippen molar-refractivity contribution in [2.45, 2.75) is 5.16 Å². The molecule has 4 rings (SSSR count). The van der Waals surface area contributed by atoms with Gasteiger partial charge in [-0.3, -0.25) is 0 Å². The predicted octanol–water partition coefficient (Wildman–Crippen LogP) is 5.26. The zero-order chi connectivity index (χ0) is 17.2. The van der Waals surface area contributed by atoms with Crippen LogP contribution in [0.2, 0.25) is 0 Å². The van der Waals surface area contributed by atoms with Crippen molar-refractivity contribution < 1.29 is 0 Å². The van der Waals surface area contributed by atoms with E-state index in [9.17, 15) is 0 Å². The number of nitrogens with zero attached hydrogens (tertiary/aromatic N) is 3. The van der Waals surface area contributed by atoms with Gasteiger partial charge in [-0.1, -0.05) is 66.4 Å². The molecule has 2 aromatic heterocycles. The van der Waals surface area contributed by atoms with Crippen LogP contribution in [0.25, 0.3) is 33.4 Å². The van der Waals surface area contributed by atoms with E-state index in [1.165, 1.54) is 11.8 Å². The highest BCUT2D eigenvalue weighted by Gasteiger charge is 2.12. The fraction of sp³-hybridized carbons (Fsp3) is 0.0476. The molecule has 0 unspecified atom stereocenters. The van der Waals surface area contributed by atoms with Crippen LogP contribution < -0.4 is 0 Å². The number of hydrogen-bond donors (Lipinski definition) is 0. The van der Waals surface area contributed by atoms with Gasteiger partial charge in [0, 0.05) is 22.7 Å². The minimum atomic E-state index is 0.715. The largest absolute Gasteiger partial charge is 0.230 e. The van der Waals surface area contributed by atoms with Gasteiger partial charge in [0.05, 0.1) is 5.69 Å². The minimum Gasteiger partial charge on any atom is -0.230 e. The number of fused-ring (bicyclic) bond motifs is 1. The van der Waals surface area contributed by atoms with Crippen LogP contribution in [0.4, 0.5) is 0 Å². The van der Waals surface area contributed by atoms with Gasteiger partial charge in [-0.25, -0.2) is 15.0 Å². The molecule has 1 radical (unpaired) electrons. The molecular weight excluding hydrogens is 326 g/mol. The summed E-state index contributed by atoms with van der Waals surface area (Å²) in [5, 5.41) is 1.67. The highest BCUT2D eigenvalue weighted by atomic mass is 32.2. The van der Waals surface area contributed by atoms with E-state index in [0.29, 0.717) is 5.65 Å². The number of pyridine rings is 1. The molecule has 0 saturated heterocycles. The minimum absolute atomic E-state index is 0.715. The zero-order valence-corrected chi connectivity index (χ0v) is 14.6. The number of aromatic nitrogens is 3. The second-order valence-corrected chi connectivity index (χ2v) is 6.49. The van der Waals surface area contributed by atoms with E-state index >= 15 is 0 Å². The van der Waals surface area contributed by atoms with Crippen molar-refractivity contribution in [2.24, 2.45) is 0 Å². The van der Waals surface area contributed by atoms with Crippen molar-refractivity contribution in [2.75, 3.05) is 6.26 Å². The van der Waals surface area contributed by atoms with E-state index in [0.717, 1.165) is 38.5 Å². The Balaban J connectivity index is 2.00. The van der Waals surface area contributed by atoms with Crippen molar-refractivity contribution >= 4 is 22.8 Å². The summed E-state index contributed by atoms with van der Waals surface area (Å²) in [6.07, 6.45) is 3.81. The normalized spacial score (nSPS) is 11.0. The lowest BCUT2D eigenvalue weighted by molar-refractivity contribution is 0.993. The Labute approximate surface area is 151 Å². The third kappa shape index (κ3) is 3.13. The van der Waals surface area contributed by atoms with Crippen molar-refractivity contribution in [3.8, 4) is 22.4 Å². The maximum Gasteiger partial charge on any atom is 0.189 e. The molecule has 121 valence electrons. The third-order valence-corrected chi connectivity index (χ3v) is 4.60. The van der Waals surface area contributed by atoms with Gasteiger partial charge in [0.25, 0.3) is 0 Å². The lowest BCUT2D eigenvalue weighted by atomic mass is 9.98. The predicted molar refractivity (Wildman–Crippen MR) is 104 cm³/mol. The summed E-state index contributed by atoms with van der Waals surface area (Å²) < 4.78 is 0. The topological polar surface area (TPSA) is 38.7 Å². The molecular formula is C21H16N3S. The van der Waals surface area contributed by atoms with E-state index in [2.05, 4.69) is 47.2 Å². The molecule has 4 aromatic rings. The van der Waals surface area contributed by atoms with Crippen LogP contribution in [0.15, 0.2) is 72.0 Å². The van der Waals surface area contributed by atoms with E-state index in [1.54, 1.807) is 0 Å². The second kappa shape index (κ2) is 6.65. The van der Waals surface area contributed by atoms with E-state index in [1.807, 2.05) is 42.8 Å². The van der Waals surface area contributed by atoms with E-state index < -0.39 is 0 Å². The summed E-state index contributed by atoms with van der Waals surface area (Å²) in [7, 11) is 0. The van der Waals surface area contributed by atoms with Crippen LogP contribution in [0.3, 0.4) is 0 Å². The number of thioether (sulfide) groups is 1. The Morgan fingerprint density at radius 1 is 0.880 bits per heavy atom. The molecule has 0 spiro atoms. The summed E-state index contributed by atoms with van der Waals surface area (Å²) in [5.74, 6) is 0. The molecule has 4 heteroatoms. The summed E-state index contributed by atoms with van der Waals surface area (Å²) in [5.41, 5.74) is 5.87. The van der Waals surface area contributed by atoms with Crippen molar-refractivity contribution in [1.29, 1.82) is 0 Å². The van der Waals surface area contributed by atoms with Gasteiger partial charge in [0.2, 0.25) is 0 Å². The van der Waals surface area contributed by atoms with Gasteiger partial charge in [-0.05, 0) is 30.4 Å². The molecule has 0 atom stereocenters. The Bertz CT molecular complexity index is 1030. The highest BCUT2D eigenvalue weighted by molar-refractivity contribution is 7.98. The zero-order valence-electron chi connectivity index (χ0n) is 13.8. The number of hydrogen-bond acceptors (Lipinski definition) is 4. The Hall–Kier alpha value is -2.72. The number of rotatable bonds is 3. The quantitative estimate of drug-likeness (QED) is 0.376. The van der Waals surface area contributed by atoms with Crippen LogP contribution >= 0.6 is 11.8 Å². The monoisotopic (exact) mass is 342 g/mol. The SMILES string of the molecule is [CH2]c1ccc(-c2nc3nc(SC)ncc3cc2-c2ccccc2)cc1. The molecule has 0 fully saturated rings. The molecule has 0 aliphatic rings.